The van der Waals surface area contributed by atoms with Crippen LogP contribution in [0.2, 0.25) is 0 Å². The molecule has 1 atom stereocenters. The van der Waals surface area contributed by atoms with E-state index < -0.39 is 35.2 Å². The van der Waals surface area contributed by atoms with Crippen LogP contribution in [-0.4, -0.2) is 23.0 Å². The van der Waals surface area contributed by atoms with Crippen molar-refractivity contribution in [1.29, 1.82) is 0 Å². The normalized spacial score (nSPS) is 12.8. The molecular formula is C13H15F3N2O3. The van der Waals surface area contributed by atoms with Gasteiger partial charge in [-0.25, -0.2) is 4.79 Å². The SMILES string of the molecule is CCCC(N)C(=O)Nc1cc(C(=O)O)cc(C(F)(F)F)c1. The van der Waals surface area contributed by atoms with Gasteiger partial charge in [-0.15, -0.1) is 0 Å². The van der Waals surface area contributed by atoms with E-state index in [1.165, 1.54) is 0 Å². The Bertz CT molecular complexity index is 544. The van der Waals surface area contributed by atoms with Crippen LogP contribution >= 0.6 is 0 Å². The predicted octanol–water partition coefficient (Wildman–Crippen LogP) is 2.47. The molecule has 1 aromatic rings. The topological polar surface area (TPSA) is 92.4 Å². The van der Waals surface area contributed by atoms with Gasteiger partial charge < -0.3 is 16.2 Å². The number of hydrogen-bond acceptors (Lipinski definition) is 3. The summed E-state index contributed by atoms with van der Waals surface area (Å²) in [5.41, 5.74) is 3.58. The van der Waals surface area contributed by atoms with Crippen LogP contribution < -0.4 is 11.1 Å². The number of carbonyl (C=O) groups is 2. The fourth-order valence-corrected chi connectivity index (χ4v) is 1.66. The molecule has 1 unspecified atom stereocenters. The summed E-state index contributed by atoms with van der Waals surface area (Å²) >= 11 is 0. The molecule has 1 amide bonds. The molecule has 0 aliphatic carbocycles. The molecule has 21 heavy (non-hydrogen) atoms. The molecule has 0 saturated heterocycles. The first-order valence-electron chi connectivity index (χ1n) is 6.17. The molecule has 116 valence electrons. The fourth-order valence-electron chi connectivity index (χ4n) is 1.66. The average Bonchev–Trinajstić information content (AvgIpc) is 2.37. The number of carbonyl (C=O) groups excluding carboxylic acids is 1. The third-order valence-corrected chi connectivity index (χ3v) is 2.71. The minimum Gasteiger partial charge on any atom is -0.478 e. The number of alkyl halides is 3. The molecule has 0 spiro atoms. The van der Waals surface area contributed by atoms with Crippen molar-refractivity contribution in [2.45, 2.75) is 32.0 Å². The Hall–Kier alpha value is -2.09. The number of rotatable bonds is 5. The molecule has 1 rings (SSSR count). The van der Waals surface area contributed by atoms with Crippen molar-refractivity contribution in [2.75, 3.05) is 5.32 Å². The van der Waals surface area contributed by atoms with Crippen LogP contribution in [0.15, 0.2) is 18.2 Å². The number of amides is 1. The van der Waals surface area contributed by atoms with Crippen LogP contribution in [0.1, 0.15) is 35.7 Å². The van der Waals surface area contributed by atoms with Crippen LogP contribution in [0.3, 0.4) is 0 Å². The van der Waals surface area contributed by atoms with E-state index in [0.717, 1.165) is 6.07 Å². The van der Waals surface area contributed by atoms with Crippen molar-refractivity contribution in [3.05, 3.63) is 29.3 Å². The molecule has 0 aromatic heterocycles. The van der Waals surface area contributed by atoms with Gasteiger partial charge in [-0.1, -0.05) is 13.3 Å². The van der Waals surface area contributed by atoms with Gasteiger partial charge in [0.1, 0.15) is 0 Å². The maximum absolute atomic E-state index is 12.7. The summed E-state index contributed by atoms with van der Waals surface area (Å²) in [5.74, 6) is -2.18. The van der Waals surface area contributed by atoms with E-state index in [0.29, 0.717) is 25.0 Å². The summed E-state index contributed by atoms with van der Waals surface area (Å²) in [4.78, 5) is 22.5. The number of carboxylic acids is 1. The Morgan fingerprint density at radius 3 is 2.43 bits per heavy atom. The van der Waals surface area contributed by atoms with Crippen molar-refractivity contribution in [3.63, 3.8) is 0 Å². The first-order valence-corrected chi connectivity index (χ1v) is 6.17. The number of aromatic carboxylic acids is 1. The van der Waals surface area contributed by atoms with Crippen molar-refractivity contribution < 1.29 is 27.9 Å². The highest BCUT2D eigenvalue weighted by molar-refractivity contribution is 5.96. The van der Waals surface area contributed by atoms with Crippen molar-refractivity contribution >= 4 is 17.6 Å². The molecule has 0 fully saturated rings. The number of nitrogens with two attached hydrogens (primary N) is 1. The zero-order chi connectivity index (χ0) is 16.2. The van der Waals surface area contributed by atoms with Crippen molar-refractivity contribution in [2.24, 2.45) is 5.73 Å². The van der Waals surface area contributed by atoms with Crippen LogP contribution in [-0.2, 0) is 11.0 Å². The maximum Gasteiger partial charge on any atom is 0.416 e. The van der Waals surface area contributed by atoms with E-state index in [1.807, 2.05) is 0 Å². The highest BCUT2D eigenvalue weighted by Crippen LogP contribution is 2.32. The molecular weight excluding hydrogens is 289 g/mol. The average molecular weight is 304 g/mol. The Morgan fingerprint density at radius 1 is 1.33 bits per heavy atom. The van der Waals surface area contributed by atoms with E-state index in [2.05, 4.69) is 5.32 Å². The Labute approximate surface area is 118 Å². The maximum atomic E-state index is 12.7. The molecule has 0 bridgehead atoms. The van der Waals surface area contributed by atoms with Gasteiger partial charge in [0.25, 0.3) is 0 Å². The number of hydrogen-bond donors (Lipinski definition) is 3. The van der Waals surface area contributed by atoms with Crippen LogP contribution in [0.5, 0.6) is 0 Å². The van der Waals surface area contributed by atoms with Crippen LogP contribution in [0.25, 0.3) is 0 Å². The van der Waals surface area contributed by atoms with E-state index in [9.17, 15) is 22.8 Å². The second kappa shape index (κ2) is 6.57. The first-order chi connectivity index (χ1) is 9.65. The molecule has 5 nitrogen and oxygen atoms in total. The molecule has 0 aliphatic heterocycles. The van der Waals surface area contributed by atoms with Gasteiger partial charge >= 0.3 is 12.1 Å². The molecule has 8 heteroatoms. The summed E-state index contributed by atoms with van der Waals surface area (Å²) in [6, 6.07) is 1.26. The number of halogens is 3. The molecule has 0 aliphatic rings. The zero-order valence-electron chi connectivity index (χ0n) is 11.2. The Morgan fingerprint density at radius 2 is 1.95 bits per heavy atom. The second-order valence-electron chi connectivity index (χ2n) is 4.49. The van der Waals surface area contributed by atoms with E-state index >= 15 is 0 Å². The molecule has 4 N–H and O–H groups in total. The summed E-state index contributed by atoms with van der Waals surface area (Å²) in [6.07, 6.45) is -3.70. The van der Waals surface area contributed by atoms with Gasteiger partial charge in [0.2, 0.25) is 5.91 Å². The van der Waals surface area contributed by atoms with Gasteiger partial charge in [-0.3, -0.25) is 4.79 Å². The second-order valence-corrected chi connectivity index (χ2v) is 4.49. The van der Waals surface area contributed by atoms with Crippen molar-refractivity contribution in [3.8, 4) is 0 Å². The standard InChI is InChI=1S/C13H15F3N2O3/c1-2-3-10(17)11(19)18-9-5-7(12(20)21)4-8(6-9)13(14,15)16/h4-6,10H,2-3,17H2,1H3,(H,18,19)(H,20,21). The lowest BCUT2D eigenvalue weighted by molar-refractivity contribution is -0.137. The zero-order valence-corrected chi connectivity index (χ0v) is 11.2. The summed E-state index contributed by atoms with van der Waals surface area (Å²) in [7, 11) is 0. The van der Waals surface area contributed by atoms with Gasteiger partial charge in [0, 0.05) is 5.69 Å². The van der Waals surface area contributed by atoms with Gasteiger partial charge in [-0.2, -0.15) is 13.2 Å². The molecule has 0 heterocycles. The number of nitrogens with one attached hydrogen (secondary N) is 1. The predicted molar refractivity (Wildman–Crippen MR) is 69.9 cm³/mol. The highest BCUT2D eigenvalue weighted by atomic mass is 19.4. The van der Waals surface area contributed by atoms with E-state index in [-0.39, 0.29) is 5.69 Å². The third kappa shape index (κ3) is 4.75. The molecule has 1 aromatic carbocycles. The van der Waals surface area contributed by atoms with Gasteiger partial charge in [0.15, 0.2) is 0 Å². The largest absolute Gasteiger partial charge is 0.478 e. The smallest absolute Gasteiger partial charge is 0.416 e. The van der Waals surface area contributed by atoms with Gasteiger partial charge in [-0.05, 0) is 24.6 Å². The van der Waals surface area contributed by atoms with Gasteiger partial charge in [0.05, 0.1) is 17.2 Å². The Kier molecular flexibility index (Phi) is 5.31. The summed E-state index contributed by atoms with van der Waals surface area (Å²) < 4.78 is 38.1. The fraction of sp³-hybridized carbons (Fsp3) is 0.385. The van der Waals surface area contributed by atoms with Crippen LogP contribution in [0.4, 0.5) is 18.9 Å². The monoisotopic (exact) mass is 304 g/mol. The first kappa shape index (κ1) is 17.0. The molecule has 0 radical (unpaired) electrons. The van der Waals surface area contributed by atoms with Crippen molar-refractivity contribution in [1.82, 2.24) is 0 Å². The van der Waals surface area contributed by atoms with Crippen LogP contribution in [0, 0.1) is 0 Å². The minimum absolute atomic E-state index is 0.251. The lowest BCUT2D eigenvalue weighted by atomic mass is 10.1. The Balaban J connectivity index is 3.09. The highest BCUT2D eigenvalue weighted by Gasteiger charge is 2.32. The lowest BCUT2D eigenvalue weighted by Crippen LogP contribution is -2.35. The lowest BCUT2D eigenvalue weighted by Gasteiger charge is -2.14. The summed E-state index contributed by atoms with van der Waals surface area (Å²) in [5, 5.41) is 11.0. The molecule has 0 saturated carbocycles. The van der Waals surface area contributed by atoms with E-state index in [1.54, 1.807) is 6.92 Å². The number of benzene rings is 1. The quantitative estimate of drug-likeness (QED) is 0.779. The third-order valence-electron chi connectivity index (χ3n) is 2.71. The number of anilines is 1. The summed E-state index contributed by atoms with van der Waals surface area (Å²) in [6.45, 7) is 1.81. The number of carboxylic acid groups (broad SMARTS) is 1. The minimum atomic E-state index is -4.71. The van der Waals surface area contributed by atoms with E-state index in [4.69, 9.17) is 10.8 Å².